The molecule has 98 valence electrons. The molecule has 0 bridgehead atoms. The van der Waals surface area contributed by atoms with Crippen LogP contribution in [0.2, 0.25) is 0 Å². The van der Waals surface area contributed by atoms with Crippen LogP contribution in [0.15, 0.2) is 42.5 Å². The van der Waals surface area contributed by atoms with Crippen molar-refractivity contribution in [2.24, 2.45) is 0 Å². The van der Waals surface area contributed by atoms with Gasteiger partial charge in [0, 0.05) is 6.04 Å². The molecule has 3 rings (SSSR count). The molecule has 1 aliphatic heterocycles. The van der Waals surface area contributed by atoms with Crippen LogP contribution in [-0.2, 0) is 6.42 Å². The van der Waals surface area contributed by atoms with E-state index >= 15 is 0 Å². The van der Waals surface area contributed by atoms with E-state index in [1.54, 1.807) is 12.1 Å². The van der Waals surface area contributed by atoms with Gasteiger partial charge < -0.3 is 5.32 Å². The average Bonchev–Trinajstić information content (AvgIpc) is 2.38. The molecule has 2 aromatic rings. The summed E-state index contributed by atoms with van der Waals surface area (Å²) in [6.07, 6.45) is 0.956. The van der Waals surface area contributed by atoms with E-state index in [2.05, 4.69) is 43.4 Å². The number of benzene rings is 2. The van der Waals surface area contributed by atoms with Crippen molar-refractivity contribution in [2.45, 2.75) is 32.4 Å². The third kappa shape index (κ3) is 2.41. The van der Waals surface area contributed by atoms with E-state index < -0.39 is 0 Å². The molecule has 2 unspecified atom stereocenters. The molecule has 0 aliphatic carbocycles. The molecular weight excluding hydrogens is 237 g/mol. The van der Waals surface area contributed by atoms with Crippen LogP contribution in [0.5, 0.6) is 0 Å². The minimum absolute atomic E-state index is 0.0920. The zero-order valence-electron chi connectivity index (χ0n) is 11.3. The van der Waals surface area contributed by atoms with Crippen molar-refractivity contribution in [3.8, 4) is 0 Å². The quantitative estimate of drug-likeness (QED) is 0.818. The summed E-state index contributed by atoms with van der Waals surface area (Å²) in [6, 6.07) is 14.1. The highest BCUT2D eigenvalue weighted by molar-refractivity contribution is 5.41. The third-order valence-corrected chi connectivity index (χ3v) is 3.77. The number of fused-ring (bicyclic) bond motifs is 1. The van der Waals surface area contributed by atoms with Crippen LogP contribution in [0.4, 0.5) is 4.39 Å². The van der Waals surface area contributed by atoms with Crippen LogP contribution < -0.4 is 5.32 Å². The van der Waals surface area contributed by atoms with Gasteiger partial charge in [0.25, 0.3) is 0 Å². The van der Waals surface area contributed by atoms with E-state index in [4.69, 9.17) is 0 Å². The molecule has 0 aromatic heterocycles. The Kier molecular flexibility index (Phi) is 3.11. The number of hydrogen-bond acceptors (Lipinski definition) is 1. The first-order chi connectivity index (χ1) is 9.13. The summed E-state index contributed by atoms with van der Waals surface area (Å²) in [5.41, 5.74) is 4.76. The second-order valence-corrected chi connectivity index (χ2v) is 5.46. The predicted octanol–water partition coefficient (Wildman–Crippen LogP) is 3.76. The number of hydrogen-bond donors (Lipinski definition) is 1. The standard InChI is InChI=1S/C17H18FN/c1-11-4-3-5-14(8-11)17-16-10-15(18)7-6-13(16)9-12(2)19-17/h3-8,10,12,17,19H,9H2,1-2H3. The van der Waals surface area contributed by atoms with E-state index in [0.717, 1.165) is 12.0 Å². The molecule has 2 aromatic carbocycles. The van der Waals surface area contributed by atoms with Crippen molar-refractivity contribution in [1.29, 1.82) is 0 Å². The Balaban J connectivity index is 2.10. The zero-order valence-corrected chi connectivity index (χ0v) is 11.3. The van der Waals surface area contributed by atoms with Crippen LogP contribution in [0, 0.1) is 12.7 Å². The van der Waals surface area contributed by atoms with Crippen molar-refractivity contribution in [3.63, 3.8) is 0 Å². The first-order valence-electron chi connectivity index (χ1n) is 6.74. The Morgan fingerprint density at radius 1 is 1.16 bits per heavy atom. The molecule has 2 heteroatoms. The van der Waals surface area contributed by atoms with Gasteiger partial charge in [0.1, 0.15) is 5.82 Å². The molecule has 1 nitrogen and oxygen atoms in total. The summed E-state index contributed by atoms with van der Waals surface area (Å²) in [5, 5.41) is 3.58. The van der Waals surface area contributed by atoms with Crippen molar-refractivity contribution in [1.82, 2.24) is 5.32 Å². The second-order valence-electron chi connectivity index (χ2n) is 5.46. The van der Waals surface area contributed by atoms with Crippen molar-refractivity contribution in [3.05, 3.63) is 70.5 Å². The molecule has 19 heavy (non-hydrogen) atoms. The van der Waals surface area contributed by atoms with E-state index in [9.17, 15) is 4.39 Å². The van der Waals surface area contributed by atoms with Gasteiger partial charge in [-0.1, -0.05) is 35.9 Å². The molecule has 0 fully saturated rings. The molecule has 0 saturated carbocycles. The maximum absolute atomic E-state index is 13.5. The van der Waals surface area contributed by atoms with Crippen LogP contribution in [0.25, 0.3) is 0 Å². The van der Waals surface area contributed by atoms with Gasteiger partial charge in [-0.2, -0.15) is 0 Å². The normalized spacial score (nSPS) is 22.1. The monoisotopic (exact) mass is 255 g/mol. The van der Waals surface area contributed by atoms with Gasteiger partial charge in [0.2, 0.25) is 0 Å². The molecule has 0 amide bonds. The van der Waals surface area contributed by atoms with Gasteiger partial charge >= 0.3 is 0 Å². The van der Waals surface area contributed by atoms with E-state index in [1.165, 1.54) is 16.7 Å². The molecule has 0 radical (unpaired) electrons. The first kappa shape index (κ1) is 12.4. The largest absolute Gasteiger partial charge is 0.303 e. The SMILES string of the molecule is Cc1cccc(C2NC(C)Cc3ccc(F)cc32)c1. The highest BCUT2D eigenvalue weighted by Gasteiger charge is 2.25. The number of aryl methyl sites for hydroxylation is 1. The summed E-state index contributed by atoms with van der Waals surface area (Å²) in [7, 11) is 0. The Morgan fingerprint density at radius 3 is 2.79 bits per heavy atom. The van der Waals surface area contributed by atoms with Gasteiger partial charge in [0.05, 0.1) is 6.04 Å². The molecule has 1 N–H and O–H groups in total. The molecule has 2 atom stereocenters. The third-order valence-electron chi connectivity index (χ3n) is 3.77. The molecule has 1 heterocycles. The minimum atomic E-state index is -0.159. The van der Waals surface area contributed by atoms with E-state index in [-0.39, 0.29) is 11.9 Å². The molecular formula is C17H18FN. The summed E-state index contributed by atoms with van der Waals surface area (Å²) in [5.74, 6) is -0.159. The van der Waals surface area contributed by atoms with Gasteiger partial charge in [-0.05, 0) is 49.1 Å². The van der Waals surface area contributed by atoms with Crippen LogP contribution in [-0.4, -0.2) is 6.04 Å². The zero-order chi connectivity index (χ0) is 13.4. The Bertz CT molecular complexity index is 606. The number of halogens is 1. The summed E-state index contributed by atoms with van der Waals surface area (Å²) in [6.45, 7) is 4.26. The topological polar surface area (TPSA) is 12.0 Å². The van der Waals surface area contributed by atoms with Crippen molar-refractivity contribution >= 4 is 0 Å². The average molecular weight is 255 g/mol. The molecule has 1 aliphatic rings. The van der Waals surface area contributed by atoms with Crippen molar-refractivity contribution in [2.75, 3.05) is 0 Å². The van der Waals surface area contributed by atoms with Crippen LogP contribution in [0.1, 0.15) is 35.2 Å². The fraction of sp³-hybridized carbons (Fsp3) is 0.294. The Labute approximate surface area is 113 Å². The predicted molar refractivity (Wildman–Crippen MR) is 75.7 cm³/mol. The second kappa shape index (κ2) is 4.78. The van der Waals surface area contributed by atoms with Crippen molar-refractivity contribution < 1.29 is 4.39 Å². The lowest BCUT2D eigenvalue weighted by Gasteiger charge is -2.32. The summed E-state index contributed by atoms with van der Waals surface area (Å²) < 4.78 is 13.5. The Hall–Kier alpha value is -1.67. The van der Waals surface area contributed by atoms with Crippen LogP contribution >= 0.6 is 0 Å². The maximum atomic E-state index is 13.5. The minimum Gasteiger partial charge on any atom is -0.303 e. The lowest BCUT2D eigenvalue weighted by Crippen LogP contribution is -2.38. The van der Waals surface area contributed by atoms with E-state index in [1.807, 2.05) is 6.07 Å². The number of nitrogens with one attached hydrogen (secondary N) is 1. The highest BCUT2D eigenvalue weighted by atomic mass is 19.1. The van der Waals surface area contributed by atoms with Gasteiger partial charge in [-0.15, -0.1) is 0 Å². The summed E-state index contributed by atoms with van der Waals surface area (Å²) >= 11 is 0. The lowest BCUT2D eigenvalue weighted by atomic mass is 9.86. The van der Waals surface area contributed by atoms with Crippen LogP contribution in [0.3, 0.4) is 0 Å². The van der Waals surface area contributed by atoms with Gasteiger partial charge in [-0.25, -0.2) is 4.39 Å². The van der Waals surface area contributed by atoms with Gasteiger partial charge in [0.15, 0.2) is 0 Å². The molecule has 0 saturated heterocycles. The smallest absolute Gasteiger partial charge is 0.123 e. The summed E-state index contributed by atoms with van der Waals surface area (Å²) in [4.78, 5) is 0. The van der Waals surface area contributed by atoms with Gasteiger partial charge in [-0.3, -0.25) is 0 Å². The fourth-order valence-corrected chi connectivity index (χ4v) is 2.91. The Morgan fingerprint density at radius 2 is 2.00 bits per heavy atom. The van der Waals surface area contributed by atoms with E-state index in [0.29, 0.717) is 6.04 Å². The highest BCUT2D eigenvalue weighted by Crippen LogP contribution is 2.31. The first-order valence-corrected chi connectivity index (χ1v) is 6.74. The number of rotatable bonds is 1. The fourth-order valence-electron chi connectivity index (χ4n) is 2.91. The lowest BCUT2D eigenvalue weighted by molar-refractivity contribution is 0.461. The maximum Gasteiger partial charge on any atom is 0.123 e. The molecule has 0 spiro atoms.